The Hall–Kier alpha value is -0.610. The van der Waals surface area contributed by atoms with Gasteiger partial charge in [-0.1, -0.05) is 20.8 Å². The fourth-order valence-electron chi connectivity index (χ4n) is 1.13. The molecule has 0 fully saturated rings. The van der Waals surface area contributed by atoms with Crippen LogP contribution in [0.3, 0.4) is 0 Å². The molecule has 0 aromatic carbocycles. The summed E-state index contributed by atoms with van der Waals surface area (Å²) in [6.07, 6.45) is 1.67. The second kappa shape index (κ2) is 7.63. The molecule has 0 saturated carbocycles. The Balaban J connectivity index is 3.51. The summed E-state index contributed by atoms with van der Waals surface area (Å²) in [5.74, 6) is 0.599. The van der Waals surface area contributed by atoms with Gasteiger partial charge >= 0.3 is 0 Å². The van der Waals surface area contributed by atoms with Crippen molar-refractivity contribution in [3.05, 3.63) is 0 Å². The monoisotopic (exact) mass is 230 g/mol. The van der Waals surface area contributed by atoms with Gasteiger partial charge in [0.25, 0.3) is 0 Å². The molecule has 0 rings (SSSR count). The van der Waals surface area contributed by atoms with E-state index in [9.17, 15) is 9.90 Å². The molecular weight excluding hydrogens is 204 g/mol. The predicted octanol–water partition coefficient (Wildman–Crippen LogP) is 0.899. The molecule has 0 aromatic rings. The highest BCUT2D eigenvalue weighted by Gasteiger charge is 2.16. The maximum atomic E-state index is 11.3. The van der Waals surface area contributed by atoms with Crippen LogP contribution in [0.2, 0.25) is 0 Å². The van der Waals surface area contributed by atoms with Crippen molar-refractivity contribution in [1.82, 2.24) is 10.6 Å². The van der Waals surface area contributed by atoms with E-state index >= 15 is 0 Å². The lowest BCUT2D eigenvalue weighted by Crippen LogP contribution is -2.42. The quantitative estimate of drug-likeness (QED) is 0.580. The van der Waals surface area contributed by atoms with E-state index in [1.54, 1.807) is 6.92 Å². The van der Waals surface area contributed by atoms with E-state index < -0.39 is 5.60 Å². The van der Waals surface area contributed by atoms with Crippen molar-refractivity contribution in [1.29, 1.82) is 0 Å². The number of nitrogens with one attached hydrogen (secondary N) is 2. The molecule has 1 amide bonds. The van der Waals surface area contributed by atoms with E-state index in [1.165, 1.54) is 0 Å². The smallest absolute Gasteiger partial charge is 0.233 e. The van der Waals surface area contributed by atoms with Crippen molar-refractivity contribution in [3.63, 3.8) is 0 Å². The van der Waals surface area contributed by atoms with Gasteiger partial charge in [0.15, 0.2) is 0 Å². The number of hydrogen-bond donors (Lipinski definition) is 3. The zero-order chi connectivity index (χ0) is 12.6. The largest absolute Gasteiger partial charge is 0.389 e. The fourth-order valence-corrected chi connectivity index (χ4v) is 1.13. The third-order valence-corrected chi connectivity index (χ3v) is 2.60. The SMILES string of the molecule is CCC(C)(O)CNCC(=O)NCCC(C)C. The summed E-state index contributed by atoms with van der Waals surface area (Å²) in [7, 11) is 0. The van der Waals surface area contributed by atoms with Crippen LogP contribution in [0.1, 0.15) is 40.5 Å². The third kappa shape index (κ3) is 8.68. The number of amides is 1. The first-order chi connectivity index (χ1) is 7.37. The first kappa shape index (κ1) is 15.4. The van der Waals surface area contributed by atoms with Crippen LogP contribution in [0.5, 0.6) is 0 Å². The lowest BCUT2D eigenvalue weighted by Gasteiger charge is -2.21. The molecule has 3 N–H and O–H groups in total. The molecule has 4 nitrogen and oxygen atoms in total. The summed E-state index contributed by atoms with van der Waals surface area (Å²) in [5, 5.41) is 15.5. The van der Waals surface area contributed by atoms with Crippen molar-refractivity contribution in [2.24, 2.45) is 5.92 Å². The number of rotatable bonds is 8. The van der Waals surface area contributed by atoms with Gasteiger partial charge < -0.3 is 15.7 Å². The molecule has 0 bridgehead atoms. The molecule has 0 aliphatic rings. The molecule has 0 spiro atoms. The minimum absolute atomic E-state index is 0.00690. The van der Waals surface area contributed by atoms with Crippen LogP contribution >= 0.6 is 0 Å². The summed E-state index contributed by atoms with van der Waals surface area (Å²) in [5.41, 5.74) is -0.724. The van der Waals surface area contributed by atoms with Crippen molar-refractivity contribution >= 4 is 5.91 Å². The normalized spacial score (nSPS) is 14.9. The van der Waals surface area contributed by atoms with Crippen LogP contribution in [0.15, 0.2) is 0 Å². The van der Waals surface area contributed by atoms with Gasteiger partial charge in [0.05, 0.1) is 12.1 Å². The van der Waals surface area contributed by atoms with Crippen molar-refractivity contribution in [2.75, 3.05) is 19.6 Å². The van der Waals surface area contributed by atoms with E-state index in [2.05, 4.69) is 24.5 Å². The van der Waals surface area contributed by atoms with Gasteiger partial charge in [-0.2, -0.15) is 0 Å². The molecule has 4 heteroatoms. The first-order valence-electron chi connectivity index (χ1n) is 6.07. The Morgan fingerprint density at radius 2 is 2.06 bits per heavy atom. The van der Waals surface area contributed by atoms with Gasteiger partial charge in [-0.15, -0.1) is 0 Å². The number of carbonyl (C=O) groups excluding carboxylic acids is 1. The topological polar surface area (TPSA) is 61.4 Å². The Morgan fingerprint density at radius 1 is 1.44 bits per heavy atom. The molecule has 0 aliphatic carbocycles. The lowest BCUT2D eigenvalue weighted by atomic mass is 10.0. The maximum Gasteiger partial charge on any atom is 0.233 e. The second-order valence-electron chi connectivity index (χ2n) is 4.99. The van der Waals surface area contributed by atoms with Crippen molar-refractivity contribution in [2.45, 2.75) is 46.1 Å². The van der Waals surface area contributed by atoms with Crippen molar-refractivity contribution < 1.29 is 9.90 Å². The van der Waals surface area contributed by atoms with Crippen LogP contribution in [0.4, 0.5) is 0 Å². The van der Waals surface area contributed by atoms with Crippen LogP contribution in [-0.4, -0.2) is 36.2 Å². The Labute approximate surface area is 98.8 Å². The molecule has 96 valence electrons. The van der Waals surface area contributed by atoms with Crippen LogP contribution in [-0.2, 0) is 4.79 Å². The predicted molar refractivity (Wildman–Crippen MR) is 66.2 cm³/mol. The van der Waals surface area contributed by atoms with E-state index in [0.717, 1.165) is 13.0 Å². The molecule has 1 unspecified atom stereocenters. The Kier molecular flexibility index (Phi) is 7.34. The van der Waals surface area contributed by atoms with Gasteiger partial charge in [0, 0.05) is 13.1 Å². The van der Waals surface area contributed by atoms with E-state index in [4.69, 9.17) is 0 Å². The summed E-state index contributed by atoms with van der Waals surface area (Å²) >= 11 is 0. The van der Waals surface area contributed by atoms with Gasteiger partial charge in [-0.25, -0.2) is 0 Å². The Bertz CT molecular complexity index is 203. The zero-order valence-electron chi connectivity index (χ0n) is 11.0. The summed E-state index contributed by atoms with van der Waals surface area (Å²) in [4.78, 5) is 11.3. The number of carbonyl (C=O) groups is 1. The molecule has 0 heterocycles. The highest BCUT2D eigenvalue weighted by Crippen LogP contribution is 2.05. The fraction of sp³-hybridized carbons (Fsp3) is 0.917. The first-order valence-corrected chi connectivity index (χ1v) is 6.07. The molecule has 0 aliphatic heterocycles. The maximum absolute atomic E-state index is 11.3. The molecule has 0 saturated heterocycles. The summed E-state index contributed by atoms with van der Waals surface area (Å²) < 4.78 is 0. The van der Waals surface area contributed by atoms with Gasteiger partial charge in [-0.3, -0.25) is 4.79 Å². The number of aliphatic hydroxyl groups is 1. The average Bonchev–Trinajstić information content (AvgIpc) is 2.17. The minimum atomic E-state index is -0.724. The minimum Gasteiger partial charge on any atom is -0.389 e. The average molecular weight is 230 g/mol. The molecule has 0 aromatic heterocycles. The summed E-state index contributed by atoms with van der Waals surface area (Å²) in [6.45, 7) is 9.38. The third-order valence-electron chi connectivity index (χ3n) is 2.60. The van der Waals surface area contributed by atoms with Gasteiger partial charge in [0.2, 0.25) is 5.91 Å². The highest BCUT2D eigenvalue weighted by molar-refractivity contribution is 5.77. The number of hydrogen-bond acceptors (Lipinski definition) is 3. The van der Waals surface area contributed by atoms with Crippen LogP contribution < -0.4 is 10.6 Å². The molecular formula is C12H26N2O2. The highest BCUT2D eigenvalue weighted by atomic mass is 16.3. The van der Waals surface area contributed by atoms with E-state index in [1.807, 2.05) is 6.92 Å². The van der Waals surface area contributed by atoms with Gasteiger partial charge in [-0.05, 0) is 25.7 Å². The van der Waals surface area contributed by atoms with E-state index in [0.29, 0.717) is 18.9 Å². The molecule has 16 heavy (non-hydrogen) atoms. The van der Waals surface area contributed by atoms with E-state index in [-0.39, 0.29) is 12.5 Å². The van der Waals surface area contributed by atoms with Crippen LogP contribution in [0.25, 0.3) is 0 Å². The van der Waals surface area contributed by atoms with Crippen molar-refractivity contribution in [3.8, 4) is 0 Å². The second-order valence-corrected chi connectivity index (χ2v) is 4.99. The van der Waals surface area contributed by atoms with Gasteiger partial charge in [0.1, 0.15) is 0 Å². The Morgan fingerprint density at radius 3 is 2.56 bits per heavy atom. The zero-order valence-corrected chi connectivity index (χ0v) is 11.0. The molecule has 1 atom stereocenters. The van der Waals surface area contributed by atoms with Crippen LogP contribution in [0, 0.1) is 5.92 Å². The molecule has 0 radical (unpaired) electrons. The lowest BCUT2D eigenvalue weighted by molar-refractivity contribution is -0.120. The summed E-state index contributed by atoms with van der Waals surface area (Å²) in [6, 6.07) is 0. The standard InChI is InChI=1S/C12H26N2O2/c1-5-12(4,16)9-13-8-11(15)14-7-6-10(2)3/h10,13,16H,5-9H2,1-4H3,(H,14,15).